The highest BCUT2D eigenvalue weighted by Gasteiger charge is 2.22. The van der Waals surface area contributed by atoms with Gasteiger partial charge in [0.05, 0.1) is 23.6 Å². The molecule has 17 heavy (non-hydrogen) atoms. The summed E-state index contributed by atoms with van der Waals surface area (Å²) in [4.78, 5) is 2.10. The third-order valence-electron chi connectivity index (χ3n) is 2.91. The second-order valence-corrected chi connectivity index (χ2v) is 4.74. The Kier molecular flexibility index (Phi) is 3.43. The van der Waals surface area contributed by atoms with Crippen LogP contribution in [0.1, 0.15) is 20.3 Å². The summed E-state index contributed by atoms with van der Waals surface area (Å²) in [6.07, 6.45) is 0.662. The van der Waals surface area contributed by atoms with Crippen LogP contribution in [-0.2, 0) is 0 Å². The lowest BCUT2D eigenvalue weighted by atomic mass is 10.2. The maximum absolute atomic E-state index is 9.55. The minimum atomic E-state index is -0.246. The highest BCUT2D eigenvalue weighted by molar-refractivity contribution is 5.74. The molecule has 1 fully saturated rings. The Morgan fingerprint density at radius 2 is 2.24 bits per heavy atom. The normalized spacial score (nSPS) is 20.0. The summed E-state index contributed by atoms with van der Waals surface area (Å²) >= 11 is 0. The molecule has 94 valence electrons. The predicted octanol–water partition coefficient (Wildman–Crippen LogP) is 1.63. The fourth-order valence-electron chi connectivity index (χ4n) is 2.13. The Labute approximate surface area is 102 Å². The number of hydrogen-bond donors (Lipinski definition) is 2. The average molecular weight is 236 g/mol. The fraction of sp³-hybridized carbons (Fsp3) is 0.538. The van der Waals surface area contributed by atoms with Crippen LogP contribution in [0, 0.1) is 0 Å². The monoisotopic (exact) mass is 236 g/mol. The van der Waals surface area contributed by atoms with Crippen LogP contribution in [0.2, 0.25) is 0 Å². The molecule has 0 saturated carbocycles. The van der Waals surface area contributed by atoms with E-state index in [1.807, 2.05) is 32.0 Å². The molecule has 0 amide bonds. The van der Waals surface area contributed by atoms with Crippen molar-refractivity contribution >= 4 is 11.4 Å². The van der Waals surface area contributed by atoms with Gasteiger partial charge in [0.15, 0.2) is 0 Å². The Hall–Kier alpha value is -1.42. The molecule has 0 bridgehead atoms. The summed E-state index contributed by atoms with van der Waals surface area (Å²) in [7, 11) is 0. The number of ether oxygens (including phenoxy) is 1. The van der Waals surface area contributed by atoms with Gasteiger partial charge in [-0.2, -0.15) is 0 Å². The van der Waals surface area contributed by atoms with E-state index in [0.29, 0.717) is 12.2 Å². The quantitative estimate of drug-likeness (QED) is 0.783. The summed E-state index contributed by atoms with van der Waals surface area (Å²) in [6, 6.07) is 5.79. The number of β-amino-alcohol motifs (C(OH)–C–C–N with tert-alkyl or cyclic N) is 1. The third kappa shape index (κ3) is 2.64. The molecule has 0 spiro atoms. The van der Waals surface area contributed by atoms with Gasteiger partial charge in [-0.25, -0.2) is 0 Å². The van der Waals surface area contributed by atoms with Crippen LogP contribution in [0.5, 0.6) is 5.75 Å². The van der Waals surface area contributed by atoms with Crippen LogP contribution in [0.4, 0.5) is 11.4 Å². The van der Waals surface area contributed by atoms with E-state index in [9.17, 15) is 5.11 Å². The number of para-hydroxylation sites is 1. The van der Waals surface area contributed by atoms with Crippen LogP contribution >= 0.6 is 0 Å². The van der Waals surface area contributed by atoms with E-state index in [4.69, 9.17) is 10.5 Å². The topological polar surface area (TPSA) is 58.7 Å². The number of benzene rings is 1. The molecule has 0 aliphatic carbocycles. The summed E-state index contributed by atoms with van der Waals surface area (Å²) in [6.45, 7) is 5.45. The number of nitrogens with zero attached hydrogens (tertiary/aromatic N) is 1. The first-order chi connectivity index (χ1) is 8.08. The molecule has 4 heteroatoms. The van der Waals surface area contributed by atoms with E-state index < -0.39 is 0 Å². The summed E-state index contributed by atoms with van der Waals surface area (Å²) in [5, 5.41) is 9.55. The van der Waals surface area contributed by atoms with Crippen molar-refractivity contribution in [2.75, 3.05) is 23.7 Å². The molecule has 1 aromatic rings. The zero-order valence-corrected chi connectivity index (χ0v) is 10.4. The van der Waals surface area contributed by atoms with Crippen molar-refractivity contribution in [2.24, 2.45) is 0 Å². The summed E-state index contributed by atoms with van der Waals surface area (Å²) in [5.74, 6) is 0.721. The van der Waals surface area contributed by atoms with Crippen LogP contribution in [-0.4, -0.2) is 30.4 Å². The first kappa shape index (κ1) is 12.0. The van der Waals surface area contributed by atoms with Crippen LogP contribution in [0.15, 0.2) is 18.2 Å². The molecule has 3 N–H and O–H groups in total. The summed E-state index contributed by atoms with van der Waals surface area (Å²) in [5.41, 5.74) is 7.73. The number of hydrogen-bond acceptors (Lipinski definition) is 4. The van der Waals surface area contributed by atoms with Gasteiger partial charge in [-0.1, -0.05) is 6.07 Å². The maximum atomic E-state index is 9.55. The number of anilines is 2. The van der Waals surface area contributed by atoms with Gasteiger partial charge in [0.2, 0.25) is 0 Å². The van der Waals surface area contributed by atoms with Crippen molar-refractivity contribution in [1.82, 2.24) is 0 Å². The molecular formula is C13H20N2O2. The van der Waals surface area contributed by atoms with Crippen molar-refractivity contribution < 1.29 is 9.84 Å². The minimum absolute atomic E-state index is 0.108. The van der Waals surface area contributed by atoms with Crippen molar-refractivity contribution in [1.29, 1.82) is 0 Å². The lowest BCUT2D eigenvalue weighted by Crippen LogP contribution is -2.22. The van der Waals surface area contributed by atoms with Crippen molar-refractivity contribution in [2.45, 2.75) is 32.5 Å². The molecule has 0 aromatic heterocycles. The minimum Gasteiger partial charge on any atom is -0.489 e. The molecule has 1 aromatic carbocycles. The molecular weight excluding hydrogens is 216 g/mol. The lowest BCUT2D eigenvalue weighted by molar-refractivity contribution is 0.198. The first-order valence-corrected chi connectivity index (χ1v) is 6.06. The third-order valence-corrected chi connectivity index (χ3v) is 2.91. The maximum Gasteiger partial charge on any atom is 0.144 e. The predicted molar refractivity (Wildman–Crippen MR) is 69.5 cm³/mol. The molecule has 1 unspecified atom stereocenters. The van der Waals surface area contributed by atoms with E-state index in [0.717, 1.165) is 24.4 Å². The van der Waals surface area contributed by atoms with E-state index >= 15 is 0 Å². The number of aliphatic hydroxyl groups excluding tert-OH is 1. The van der Waals surface area contributed by atoms with Crippen LogP contribution < -0.4 is 15.4 Å². The SMILES string of the molecule is CC(C)Oc1cccc(N2CCC(O)C2)c1N. The van der Waals surface area contributed by atoms with Gasteiger partial charge in [0.25, 0.3) is 0 Å². The Morgan fingerprint density at radius 3 is 2.82 bits per heavy atom. The standard InChI is InChI=1S/C13H20N2O2/c1-9(2)17-12-5-3-4-11(13(12)14)15-7-6-10(16)8-15/h3-5,9-10,16H,6-8,14H2,1-2H3. The molecule has 2 rings (SSSR count). The number of rotatable bonds is 3. The number of nitrogens with two attached hydrogens (primary N) is 1. The molecule has 1 aliphatic rings. The average Bonchev–Trinajstić information content (AvgIpc) is 2.67. The second-order valence-electron chi connectivity index (χ2n) is 4.74. The van der Waals surface area contributed by atoms with Gasteiger partial charge >= 0.3 is 0 Å². The van der Waals surface area contributed by atoms with Gasteiger partial charge in [-0.15, -0.1) is 0 Å². The number of nitrogen functional groups attached to an aromatic ring is 1. The molecule has 1 aliphatic heterocycles. The number of aliphatic hydroxyl groups is 1. The Bertz CT molecular complexity index is 393. The van der Waals surface area contributed by atoms with Gasteiger partial charge in [-0.05, 0) is 32.4 Å². The van der Waals surface area contributed by atoms with Gasteiger partial charge in [0.1, 0.15) is 5.75 Å². The van der Waals surface area contributed by atoms with Crippen molar-refractivity contribution in [3.63, 3.8) is 0 Å². The van der Waals surface area contributed by atoms with E-state index in [2.05, 4.69) is 4.90 Å². The van der Waals surface area contributed by atoms with Crippen molar-refractivity contribution in [3.05, 3.63) is 18.2 Å². The fourth-order valence-corrected chi connectivity index (χ4v) is 2.13. The Balaban J connectivity index is 2.23. The molecule has 4 nitrogen and oxygen atoms in total. The summed E-state index contributed by atoms with van der Waals surface area (Å²) < 4.78 is 5.66. The highest BCUT2D eigenvalue weighted by Crippen LogP contribution is 2.34. The Morgan fingerprint density at radius 1 is 1.47 bits per heavy atom. The van der Waals surface area contributed by atoms with Crippen molar-refractivity contribution in [3.8, 4) is 5.75 Å². The van der Waals surface area contributed by atoms with Gasteiger partial charge in [-0.3, -0.25) is 0 Å². The molecule has 1 atom stereocenters. The molecule has 1 saturated heterocycles. The second kappa shape index (κ2) is 4.84. The molecule has 1 heterocycles. The van der Waals surface area contributed by atoms with Gasteiger partial charge < -0.3 is 20.5 Å². The van der Waals surface area contributed by atoms with E-state index in [1.54, 1.807) is 0 Å². The van der Waals surface area contributed by atoms with Gasteiger partial charge in [0, 0.05) is 13.1 Å². The smallest absolute Gasteiger partial charge is 0.144 e. The molecule has 0 radical (unpaired) electrons. The first-order valence-electron chi connectivity index (χ1n) is 6.06. The van der Waals surface area contributed by atoms with Crippen LogP contribution in [0.3, 0.4) is 0 Å². The lowest BCUT2D eigenvalue weighted by Gasteiger charge is -2.22. The zero-order valence-electron chi connectivity index (χ0n) is 10.4. The van der Waals surface area contributed by atoms with Crippen LogP contribution in [0.25, 0.3) is 0 Å². The van der Waals surface area contributed by atoms with E-state index in [1.165, 1.54) is 0 Å². The zero-order chi connectivity index (χ0) is 12.4. The van der Waals surface area contributed by atoms with E-state index in [-0.39, 0.29) is 12.2 Å². The largest absolute Gasteiger partial charge is 0.489 e. The highest BCUT2D eigenvalue weighted by atomic mass is 16.5.